The van der Waals surface area contributed by atoms with Gasteiger partial charge in [0.15, 0.2) is 5.79 Å². The number of carbonyl (C=O) groups is 2. The molecule has 0 radical (unpaired) electrons. The van der Waals surface area contributed by atoms with Gasteiger partial charge in [-0.2, -0.15) is 0 Å². The molecule has 1 saturated heterocycles. The van der Waals surface area contributed by atoms with Crippen LogP contribution in [0.25, 0.3) is 11.1 Å². The summed E-state index contributed by atoms with van der Waals surface area (Å²) in [6.45, 7) is 5.61. The second kappa shape index (κ2) is 8.60. The molecule has 4 aliphatic rings. The van der Waals surface area contributed by atoms with Crippen LogP contribution in [-0.2, 0) is 19.0 Å². The van der Waals surface area contributed by atoms with E-state index in [0.29, 0.717) is 32.5 Å². The van der Waals surface area contributed by atoms with Crippen LogP contribution in [0.15, 0.2) is 48.5 Å². The van der Waals surface area contributed by atoms with E-state index in [1.165, 1.54) is 11.1 Å². The zero-order valence-electron chi connectivity index (χ0n) is 20.7. The number of hydrogen-bond donors (Lipinski definition) is 2. The fraction of sp³-hybridized carbons (Fsp3) is 0.517. The van der Waals surface area contributed by atoms with Crippen molar-refractivity contribution in [1.29, 1.82) is 0 Å². The quantitative estimate of drug-likeness (QED) is 0.639. The summed E-state index contributed by atoms with van der Waals surface area (Å²) in [6.07, 6.45) is 1.24. The minimum absolute atomic E-state index is 0.0360. The molecule has 190 valence electrons. The average Bonchev–Trinajstić information content (AvgIpc) is 3.46. The van der Waals surface area contributed by atoms with E-state index in [9.17, 15) is 14.7 Å². The Morgan fingerprint density at radius 2 is 1.61 bits per heavy atom. The van der Waals surface area contributed by atoms with Gasteiger partial charge in [0.25, 0.3) is 0 Å². The predicted molar refractivity (Wildman–Crippen MR) is 132 cm³/mol. The first-order valence-electron chi connectivity index (χ1n) is 12.9. The molecule has 1 spiro atoms. The lowest BCUT2D eigenvalue weighted by Crippen LogP contribution is -2.48. The molecule has 1 aliphatic heterocycles. The number of aliphatic carboxylic acids is 1. The van der Waals surface area contributed by atoms with E-state index >= 15 is 0 Å². The van der Waals surface area contributed by atoms with Crippen LogP contribution >= 0.6 is 0 Å². The van der Waals surface area contributed by atoms with Gasteiger partial charge in [0, 0.05) is 30.2 Å². The van der Waals surface area contributed by atoms with Crippen molar-refractivity contribution in [1.82, 2.24) is 5.32 Å². The van der Waals surface area contributed by atoms with Crippen molar-refractivity contribution >= 4 is 12.1 Å². The molecule has 0 unspecified atom stereocenters. The SMILES string of the molecule is CC1(C)COC2(C[C@@H]3C[C@@H](NC(=O)OCC4c5ccccc5-c5ccccc54)[C@@H](C(=O)O)[C@@H]3C2)OC1. The number of carboxylic acids is 1. The van der Waals surface area contributed by atoms with Gasteiger partial charge in [0.2, 0.25) is 0 Å². The van der Waals surface area contributed by atoms with Gasteiger partial charge in [0.1, 0.15) is 6.61 Å². The Hall–Kier alpha value is -2.90. The van der Waals surface area contributed by atoms with Crippen LogP contribution in [-0.4, -0.2) is 48.8 Å². The highest BCUT2D eigenvalue weighted by atomic mass is 16.7. The summed E-state index contributed by atoms with van der Waals surface area (Å²) >= 11 is 0. The average molecular weight is 492 g/mol. The molecule has 3 fully saturated rings. The van der Waals surface area contributed by atoms with Crippen LogP contribution in [0.5, 0.6) is 0 Å². The molecule has 2 aromatic carbocycles. The molecule has 4 atom stereocenters. The number of benzene rings is 2. The third-order valence-corrected chi connectivity index (χ3v) is 8.56. The smallest absolute Gasteiger partial charge is 0.407 e. The molecule has 1 amide bonds. The van der Waals surface area contributed by atoms with E-state index in [0.717, 1.165) is 11.1 Å². The molecule has 2 aromatic rings. The van der Waals surface area contributed by atoms with Crippen molar-refractivity contribution in [2.45, 2.75) is 50.9 Å². The molecule has 2 N–H and O–H groups in total. The van der Waals surface area contributed by atoms with Gasteiger partial charge in [-0.15, -0.1) is 0 Å². The second-order valence-corrected chi connectivity index (χ2v) is 11.7. The van der Waals surface area contributed by atoms with E-state index in [-0.39, 0.29) is 29.8 Å². The van der Waals surface area contributed by atoms with Gasteiger partial charge < -0.3 is 24.6 Å². The molecule has 6 rings (SSSR count). The van der Waals surface area contributed by atoms with Crippen LogP contribution in [0.4, 0.5) is 4.79 Å². The molecule has 0 bridgehead atoms. The van der Waals surface area contributed by atoms with Crippen molar-refractivity contribution in [3.8, 4) is 11.1 Å². The van der Waals surface area contributed by atoms with Gasteiger partial charge in [-0.05, 0) is 40.5 Å². The van der Waals surface area contributed by atoms with Gasteiger partial charge in [-0.1, -0.05) is 62.4 Å². The summed E-state index contributed by atoms with van der Waals surface area (Å²) in [4.78, 5) is 25.1. The second-order valence-electron chi connectivity index (χ2n) is 11.7. The summed E-state index contributed by atoms with van der Waals surface area (Å²) in [5.74, 6) is -2.26. The number of fused-ring (bicyclic) bond motifs is 4. The maximum absolute atomic E-state index is 12.9. The number of amides is 1. The Balaban J connectivity index is 1.10. The molecule has 1 heterocycles. The summed E-state index contributed by atoms with van der Waals surface area (Å²) in [6, 6.07) is 15.9. The van der Waals surface area contributed by atoms with E-state index in [1.807, 2.05) is 24.3 Å². The number of rotatable bonds is 4. The monoisotopic (exact) mass is 491 g/mol. The zero-order chi connectivity index (χ0) is 25.1. The third kappa shape index (κ3) is 3.98. The zero-order valence-corrected chi connectivity index (χ0v) is 20.7. The van der Waals surface area contributed by atoms with Crippen LogP contribution in [0, 0.1) is 23.2 Å². The van der Waals surface area contributed by atoms with Gasteiger partial charge >= 0.3 is 12.1 Å². The summed E-state index contributed by atoms with van der Waals surface area (Å²) in [7, 11) is 0. The maximum Gasteiger partial charge on any atom is 0.407 e. The highest BCUT2D eigenvalue weighted by Crippen LogP contribution is 2.55. The Morgan fingerprint density at radius 3 is 2.22 bits per heavy atom. The Labute approximate surface area is 211 Å². The molecule has 7 heteroatoms. The molecule has 7 nitrogen and oxygen atoms in total. The number of alkyl carbamates (subject to hydrolysis) is 1. The lowest BCUT2D eigenvalue weighted by atomic mass is 9.90. The topological polar surface area (TPSA) is 94.1 Å². The minimum Gasteiger partial charge on any atom is -0.481 e. The van der Waals surface area contributed by atoms with Crippen molar-refractivity contribution in [3.63, 3.8) is 0 Å². The lowest BCUT2D eigenvalue weighted by Gasteiger charge is -2.42. The fourth-order valence-corrected chi connectivity index (χ4v) is 6.88. The van der Waals surface area contributed by atoms with Crippen LogP contribution < -0.4 is 5.32 Å². The van der Waals surface area contributed by atoms with Crippen molar-refractivity contribution < 1.29 is 28.9 Å². The Morgan fingerprint density at radius 1 is 1.00 bits per heavy atom. The third-order valence-electron chi connectivity index (χ3n) is 8.56. The Bertz CT molecular complexity index is 1140. The fourth-order valence-electron chi connectivity index (χ4n) is 6.88. The molecular formula is C29H33NO6. The normalized spacial score (nSPS) is 29.4. The van der Waals surface area contributed by atoms with Crippen LogP contribution in [0.2, 0.25) is 0 Å². The summed E-state index contributed by atoms with van der Waals surface area (Å²) in [5, 5.41) is 13.0. The van der Waals surface area contributed by atoms with Gasteiger partial charge in [-0.25, -0.2) is 4.79 Å². The first-order chi connectivity index (χ1) is 17.3. The number of nitrogens with one attached hydrogen (secondary N) is 1. The molecule has 36 heavy (non-hydrogen) atoms. The van der Waals surface area contributed by atoms with Gasteiger partial charge in [0.05, 0.1) is 19.1 Å². The van der Waals surface area contributed by atoms with Crippen LogP contribution in [0.1, 0.15) is 50.2 Å². The summed E-state index contributed by atoms with van der Waals surface area (Å²) in [5.41, 5.74) is 4.59. The number of carbonyl (C=O) groups excluding carboxylic acids is 1. The molecule has 0 aromatic heterocycles. The minimum atomic E-state index is -0.889. The first-order valence-corrected chi connectivity index (χ1v) is 12.9. The van der Waals surface area contributed by atoms with Crippen molar-refractivity contribution in [3.05, 3.63) is 59.7 Å². The van der Waals surface area contributed by atoms with Gasteiger partial charge in [-0.3, -0.25) is 4.79 Å². The maximum atomic E-state index is 12.9. The standard InChI is InChI=1S/C29H33NO6/c1-28(2)15-35-29(36-16-28)12-17-11-24(25(26(31)32)22(17)13-29)30-27(33)34-14-23-20-9-5-3-7-18(20)19-8-4-6-10-21(19)23/h3-10,17,22-25H,11-16H2,1-2H3,(H,30,33)(H,31,32)/t17-,22+,24+,25-/m0/s1. The van der Waals surface area contributed by atoms with E-state index < -0.39 is 29.8 Å². The number of carboxylic acid groups (broad SMARTS) is 1. The first kappa shape index (κ1) is 23.5. The number of ether oxygens (including phenoxy) is 3. The van der Waals surface area contributed by atoms with E-state index in [2.05, 4.69) is 43.4 Å². The molecule has 2 saturated carbocycles. The van der Waals surface area contributed by atoms with Crippen molar-refractivity contribution in [2.24, 2.45) is 23.2 Å². The molecule has 3 aliphatic carbocycles. The van der Waals surface area contributed by atoms with Crippen molar-refractivity contribution in [2.75, 3.05) is 19.8 Å². The van der Waals surface area contributed by atoms with Crippen LogP contribution in [0.3, 0.4) is 0 Å². The van der Waals surface area contributed by atoms with E-state index in [1.54, 1.807) is 0 Å². The molecular weight excluding hydrogens is 458 g/mol. The highest BCUT2D eigenvalue weighted by Gasteiger charge is 2.59. The number of hydrogen-bond acceptors (Lipinski definition) is 5. The predicted octanol–water partition coefficient (Wildman–Crippen LogP) is 4.79. The highest BCUT2D eigenvalue weighted by molar-refractivity contribution is 5.79. The Kier molecular flexibility index (Phi) is 5.61. The van der Waals surface area contributed by atoms with E-state index in [4.69, 9.17) is 14.2 Å². The summed E-state index contributed by atoms with van der Waals surface area (Å²) < 4.78 is 18.0. The lowest BCUT2D eigenvalue weighted by molar-refractivity contribution is -0.298. The largest absolute Gasteiger partial charge is 0.481 e.